The number of hydrogen-bond donors (Lipinski definition) is 1. The molecule has 5 heteroatoms. The first-order chi connectivity index (χ1) is 9.49. The van der Waals surface area contributed by atoms with E-state index >= 15 is 0 Å². The van der Waals surface area contributed by atoms with Crippen molar-refractivity contribution in [3.63, 3.8) is 0 Å². The van der Waals surface area contributed by atoms with Crippen LogP contribution in [0.1, 0.15) is 55.9 Å². The first-order valence-electron chi connectivity index (χ1n) is 6.76. The molecule has 108 valence electrons. The van der Waals surface area contributed by atoms with Crippen LogP contribution in [-0.2, 0) is 0 Å². The largest absolute Gasteiger partial charge is 0.491 e. The zero-order valence-corrected chi connectivity index (χ0v) is 13.0. The Bertz CT molecular complexity index is 567. The number of ether oxygens (including phenoxy) is 1. The first kappa shape index (κ1) is 14.9. The number of benzene rings is 1. The molecule has 1 atom stereocenters. The predicted molar refractivity (Wildman–Crippen MR) is 80.3 cm³/mol. The maximum Gasteiger partial charge on any atom is 0.120 e. The highest BCUT2D eigenvalue weighted by Gasteiger charge is 2.21. The minimum atomic E-state index is -0.705. The van der Waals surface area contributed by atoms with E-state index in [2.05, 4.69) is 9.59 Å². The lowest BCUT2D eigenvalue weighted by Gasteiger charge is -2.14. The molecular formula is C15H20N2O2S. The van der Waals surface area contributed by atoms with Crippen molar-refractivity contribution in [2.24, 2.45) is 0 Å². The summed E-state index contributed by atoms with van der Waals surface area (Å²) in [6.45, 7) is 8.05. The van der Waals surface area contributed by atoms with Crippen LogP contribution in [0, 0.1) is 0 Å². The van der Waals surface area contributed by atoms with E-state index in [9.17, 15) is 5.11 Å². The maximum absolute atomic E-state index is 10.5. The second-order valence-corrected chi connectivity index (χ2v) is 6.10. The van der Waals surface area contributed by atoms with Gasteiger partial charge in [-0.2, -0.15) is 0 Å². The predicted octanol–water partition coefficient (Wildman–Crippen LogP) is 3.53. The van der Waals surface area contributed by atoms with Gasteiger partial charge in [-0.1, -0.05) is 30.5 Å². The molecule has 2 rings (SSSR count). The monoisotopic (exact) mass is 292 g/mol. The van der Waals surface area contributed by atoms with E-state index in [4.69, 9.17) is 4.74 Å². The average Bonchev–Trinajstić information content (AvgIpc) is 2.86. The Morgan fingerprint density at radius 1 is 1.20 bits per heavy atom. The lowest BCUT2D eigenvalue weighted by molar-refractivity contribution is 0.218. The molecule has 4 nitrogen and oxygen atoms in total. The molecule has 0 fully saturated rings. The Morgan fingerprint density at radius 3 is 2.60 bits per heavy atom. The molecule has 2 aromatic rings. The van der Waals surface area contributed by atoms with Gasteiger partial charge in [-0.25, -0.2) is 0 Å². The van der Waals surface area contributed by atoms with Crippen molar-refractivity contribution >= 4 is 11.5 Å². The van der Waals surface area contributed by atoms with Crippen LogP contribution in [0.4, 0.5) is 0 Å². The molecule has 1 N–H and O–H groups in total. The van der Waals surface area contributed by atoms with Crippen LogP contribution in [0.5, 0.6) is 5.75 Å². The molecule has 20 heavy (non-hydrogen) atoms. The summed E-state index contributed by atoms with van der Waals surface area (Å²) in [7, 11) is 0. The lowest BCUT2D eigenvalue weighted by atomic mass is 10.0. The average molecular weight is 292 g/mol. The normalized spacial score (nSPS) is 12.9. The van der Waals surface area contributed by atoms with E-state index in [1.807, 2.05) is 52.0 Å². The Hall–Kier alpha value is -1.46. The fourth-order valence-electron chi connectivity index (χ4n) is 1.98. The summed E-state index contributed by atoms with van der Waals surface area (Å²) in [5.41, 5.74) is 1.66. The molecular weight excluding hydrogens is 272 g/mol. The van der Waals surface area contributed by atoms with Crippen molar-refractivity contribution in [1.82, 2.24) is 9.59 Å². The van der Waals surface area contributed by atoms with Crippen molar-refractivity contribution in [2.45, 2.75) is 45.8 Å². The van der Waals surface area contributed by atoms with Gasteiger partial charge in [0.05, 0.1) is 16.7 Å². The standard InChI is InChI=1S/C15H20N2O2S/c1-9(2)13-15(20-17-16-13)14(18)11-6-5-7-12(8-11)19-10(3)4/h5-10,14,18H,1-4H3. The quantitative estimate of drug-likeness (QED) is 0.916. The summed E-state index contributed by atoms with van der Waals surface area (Å²) in [6, 6.07) is 7.54. The molecule has 0 saturated carbocycles. The van der Waals surface area contributed by atoms with Gasteiger partial charge in [-0.3, -0.25) is 0 Å². The number of nitrogens with zero attached hydrogens (tertiary/aromatic N) is 2. The van der Waals surface area contributed by atoms with Crippen molar-refractivity contribution < 1.29 is 9.84 Å². The Kier molecular flexibility index (Phi) is 4.73. The number of aromatic nitrogens is 2. The molecule has 0 radical (unpaired) electrons. The molecule has 1 heterocycles. The number of aliphatic hydroxyl groups is 1. The lowest BCUT2D eigenvalue weighted by Crippen LogP contribution is -2.07. The second-order valence-electron chi connectivity index (χ2n) is 5.32. The molecule has 0 spiro atoms. The summed E-state index contributed by atoms with van der Waals surface area (Å²) < 4.78 is 9.62. The molecule has 0 amide bonds. The van der Waals surface area contributed by atoms with Gasteiger partial charge in [-0.05, 0) is 49.0 Å². The molecule has 0 aliphatic carbocycles. The van der Waals surface area contributed by atoms with Gasteiger partial charge in [0.15, 0.2) is 0 Å². The van der Waals surface area contributed by atoms with Gasteiger partial charge in [0.1, 0.15) is 11.9 Å². The number of aliphatic hydroxyl groups excluding tert-OH is 1. The van der Waals surface area contributed by atoms with Crippen LogP contribution in [0.25, 0.3) is 0 Å². The van der Waals surface area contributed by atoms with E-state index in [0.717, 1.165) is 21.9 Å². The van der Waals surface area contributed by atoms with Gasteiger partial charge in [0, 0.05) is 0 Å². The summed E-state index contributed by atoms with van der Waals surface area (Å²) in [6.07, 6.45) is -0.596. The smallest absolute Gasteiger partial charge is 0.120 e. The fraction of sp³-hybridized carbons (Fsp3) is 0.467. The molecule has 0 aliphatic rings. The van der Waals surface area contributed by atoms with Crippen LogP contribution in [0.15, 0.2) is 24.3 Å². The number of rotatable bonds is 5. The van der Waals surface area contributed by atoms with Gasteiger partial charge >= 0.3 is 0 Å². The molecule has 0 aliphatic heterocycles. The zero-order chi connectivity index (χ0) is 14.7. The highest BCUT2D eigenvalue weighted by atomic mass is 32.1. The summed E-state index contributed by atoms with van der Waals surface area (Å²) in [4.78, 5) is 0.807. The van der Waals surface area contributed by atoms with Crippen LogP contribution in [0.2, 0.25) is 0 Å². The van der Waals surface area contributed by atoms with Gasteiger partial charge in [0.2, 0.25) is 0 Å². The Morgan fingerprint density at radius 2 is 1.95 bits per heavy atom. The zero-order valence-electron chi connectivity index (χ0n) is 12.2. The third-order valence-corrected chi connectivity index (χ3v) is 3.67. The topological polar surface area (TPSA) is 55.2 Å². The third-order valence-electron chi connectivity index (χ3n) is 2.88. The highest BCUT2D eigenvalue weighted by molar-refractivity contribution is 7.05. The van der Waals surface area contributed by atoms with Crippen molar-refractivity contribution in [3.05, 3.63) is 40.4 Å². The van der Waals surface area contributed by atoms with Crippen LogP contribution in [-0.4, -0.2) is 20.8 Å². The third kappa shape index (κ3) is 3.35. The van der Waals surface area contributed by atoms with Crippen molar-refractivity contribution in [1.29, 1.82) is 0 Å². The molecule has 1 aromatic heterocycles. The van der Waals surface area contributed by atoms with E-state index in [1.54, 1.807) is 0 Å². The minimum absolute atomic E-state index is 0.110. The second kappa shape index (κ2) is 6.33. The summed E-state index contributed by atoms with van der Waals surface area (Å²) in [5, 5.41) is 14.7. The molecule has 0 saturated heterocycles. The molecule has 1 unspecified atom stereocenters. The minimum Gasteiger partial charge on any atom is -0.491 e. The molecule has 1 aromatic carbocycles. The van der Waals surface area contributed by atoms with E-state index in [-0.39, 0.29) is 12.0 Å². The van der Waals surface area contributed by atoms with Crippen LogP contribution >= 0.6 is 11.5 Å². The molecule has 0 bridgehead atoms. The van der Waals surface area contributed by atoms with Crippen molar-refractivity contribution in [3.8, 4) is 5.75 Å². The highest BCUT2D eigenvalue weighted by Crippen LogP contribution is 2.32. The number of hydrogen-bond acceptors (Lipinski definition) is 5. The maximum atomic E-state index is 10.5. The van der Waals surface area contributed by atoms with Gasteiger partial charge < -0.3 is 9.84 Å². The van der Waals surface area contributed by atoms with E-state index in [1.165, 1.54) is 11.5 Å². The van der Waals surface area contributed by atoms with Crippen LogP contribution in [0.3, 0.4) is 0 Å². The summed E-state index contributed by atoms with van der Waals surface area (Å²) >= 11 is 1.25. The van der Waals surface area contributed by atoms with Gasteiger partial charge in [0.25, 0.3) is 0 Å². The summed E-state index contributed by atoms with van der Waals surface area (Å²) in [5.74, 6) is 1.01. The fourth-order valence-corrected chi connectivity index (χ4v) is 2.80. The Labute approximate surface area is 123 Å². The van der Waals surface area contributed by atoms with Gasteiger partial charge in [-0.15, -0.1) is 5.10 Å². The Balaban J connectivity index is 2.28. The first-order valence-corrected chi connectivity index (χ1v) is 7.53. The van der Waals surface area contributed by atoms with E-state index in [0.29, 0.717) is 0 Å². The van der Waals surface area contributed by atoms with Crippen LogP contribution < -0.4 is 4.74 Å². The van der Waals surface area contributed by atoms with E-state index < -0.39 is 6.10 Å². The SMILES string of the molecule is CC(C)Oc1cccc(C(O)c2snnc2C(C)C)c1. The van der Waals surface area contributed by atoms with Crippen molar-refractivity contribution in [2.75, 3.05) is 0 Å².